The second kappa shape index (κ2) is 14.1. The zero-order valence-electron chi connectivity index (χ0n) is 24.2. The Labute approximate surface area is 250 Å². The maximum atomic E-state index is 14.4. The van der Waals surface area contributed by atoms with Gasteiger partial charge in [0.2, 0.25) is 5.56 Å². The molecule has 0 fully saturated rings. The Hall–Kier alpha value is -4.49. The summed E-state index contributed by atoms with van der Waals surface area (Å²) in [4.78, 5) is 15.0. The molecule has 0 saturated carbocycles. The van der Waals surface area contributed by atoms with Gasteiger partial charge in [0.15, 0.2) is 6.61 Å². The van der Waals surface area contributed by atoms with Gasteiger partial charge in [0.1, 0.15) is 18.1 Å². The third-order valence-electron chi connectivity index (χ3n) is 7.29. The zero-order valence-corrected chi connectivity index (χ0v) is 24.2. The largest absolute Gasteiger partial charge is 0.487 e. The Kier molecular flexibility index (Phi) is 9.84. The molecule has 0 radical (unpaired) electrons. The molecule has 0 unspecified atom stereocenters. The number of nitrogens with one attached hydrogen (secondary N) is 2. The molecule has 7 heteroatoms. The van der Waals surface area contributed by atoms with Crippen LogP contribution in [0.25, 0.3) is 10.9 Å². The summed E-state index contributed by atoms with van der Waals surface area (Å²) < 4.78 is 40.2. The van der Waals surface area contributed by atoms with E-state index in [2.05, 4.69) is 23.3 Å². The van der Waals surface area contributed by atoms with Gasteiger partial charge in [0.05, 0.1) is 5.52 Å². The number of benzene rings is 4. The van der Waals surface area contributed by atoms with Crippen LogP contribution in [0.5, 0.6) is 11.5 Å². The van der Waals surface area contributed by atoms with Gasteiger partial charge in [-0.2, -0.15) is 0 Å². The molecular formula is C36H36F2N2O3. The fourth-order valence-electron chi connectivity index (χ4n) is 5.09. The molecule has 222 valence electrons. The summed E-state index contributed by atoms with van der Waals surface area (Å²) in [5.74, 6) is -1.87. The molecule has 5 nitrogen and oxygen atoms in total. The number of pyridine rings is 1. The Morgan fingerprint density at radius 2 is 1.49 bits per heavy atom. The lowest BCUT2D eigenvalue weighted by atomic mass is 10.0. The Balaban J connectivity index is 1.11. The van der Waals surface area contributed by atoms with Gasteiger partial charge < -0.3 is 19.8 Å². The first-order valence-electron chi connectivity index (χ1n) is 14.5. The number of rotatable bonds is 14. The number of aromatic nitrogens is 1. The Morgan fingerprint density at radius 1 is 0.791 bits per heavy atom. The van der Waals surface area contributed by atoms with E-state index in [0.717, 1.165) is 41.5 Å². The lowest BCUT2D eigenvalue weighted by Crippen LogP contribution is -2.30. The lowest BCUT2D eigenvalue weighted by molar-refractivity contribution is -0.0400. The van der Waals surface area contributed by atoms with E-state index in [4.69, 9.17) is 9.47 Å². The molecule has 0 aliphatic rings. The highest BCUT2D eigenvalue weighted by Gasteiger charge is 2.30. The van der Waals surface area contributed by atoms with E-state index < -0.39 is 12.5 Å². The van der Waals surface area contributed by atoms with Crippen molar-refractivity contribution in [3.8, 4) is 11.5 Å². The van der Waals surface area contributed by atoms with E-state index in [0.29, 0.717) is 29.2 Å². The molecule has 0 spiro atoms. The second-order valence-electron chi connectivity index (χ2n) is 10.9. The van der Waals surface area contributed by atoms with Crippen molar-refractivity contribution in [1.29, 1.82) is 0 Å². The van der Waals surface area contributed by atoms with Gasteiger partial charge in [-0.25, -0.2) is 8.78 Å². The van der Waals surface area contributed by atoms with E-state index in [9.17, 15) is 13.6 Å². The van der Waals surface area contributed by atoms with Crippen LogP contribution in [-0.4, -0.2) is 30.1 Å². The second-order valence-corrected chi connectivity index (χ2v) is 10.9. The molecule has 5 rings (SSSR count). The van der Waals surface area contributed by atoms with Crippen molar-refractivity contribution < 1.29 is 18.3 Å². The summed E-state index contributed by atoms with van der Waals surface area (Å²) in [5, 5.41) is 4.53. The summed E-state index contributed by atoms with van der Waals surface area (Å²) >= 11 is 0. The summed E-state index contributed by atoms with van der Waals surface area (Å²) in [6.45, 7) is 2.61. The van der Waals surface area contributed by atoms with Crippen LogP contribution in [-0.2, 0) is 25.9 Å². The van der Waals surface area contributed by atoms with Crippen molar-refractivity contribution in [1.82, 2.24) is 10.3 Å². The molecule has 0 bridgehead atoms. The average molecular weight is 583 g/mol. The predicted octanol–water partition coefficient (Wildman–Crippen LogP) is 7.13. The van der Waals surface area contributed by atoms with Gasteiger partial charge in [-0.1, -0.05) is 78.9 Å². The molecule has 1 atom stereocenters. The van der Waals surface area contributed by atoms with E-state index in [1.807, 2.05) is 60.7 Å². The van der Waals surface area contributed by atoms with Crippen LogP contribution in [0.4, 0.5) is 8.78 Å². The van der Waals surface area contributed by atoms with Crippen molar-refractivity contribution in [2.24, 2.45) is 0 Å². The number of hydrogen-bond donors (Lipinski definition) is 2. The molecule has 5 aromatic rings. The summed E-state index contributed by atoms with van der Waals surface area (Å²) in [6.07, 6.45) is 1.20. The van der Waals surface area contributed by atoms with E-state index in [1.54, 1.807) is 42.5 Å². The topological polar surface area (TPSA) is 63.4 Å². The number of aromatic amines is 1. The smallest absolute Gasteiger partial charge is 0.285 e. The number of halogens is 2. The molecule has 1 aromatic heterocycles. The van der Waals surface area contributed by atoms with Gasteiger partial charge in [-0.05, 0) is 72.8 Å². The number of alkyl halides is 2. The Morgan fingerprint density at radius 3 is 2.21 bits per heavy atom. The monoisotopic (exact) mass is 582 g/mol. The SMILES string of the molecule is C[C@H](Cc1ccc(OCC(F)(F)Cc2ccccc2)cc1)NCCc1ccc(OCc2ccccc2)c2[nH]c(=O)ccc12. The third kappa shape index (κ3) is 8.75. The molecule has 0 aliphatic heterocycles. The van der Waals surface area contributed by atoms with Crippen LogP contribution >= 0.6 is 0 Å². The molecule has 43 heavy (non-hydrogen) atoms. The highest BCUT2D eigenvalue weighted by atomic mass is 19.3. The first-order valence-corrected chi connectivity index (χ1v) is 14.5. The highest BCUT2D eigenvalue weighted by Crippen LogP contribution is 2.27. The molecule has 0 amide bonds. The predicted molar refractivity (Wildman–Crippen MR) is 167 cm³/mol. The van der Waals surface area contributed by atoms with Crippen molar-refractivity contribution in [3.05, 3.63) is 142 Å². The van der Waals surface area contributed by atoms with Gasteiger partial charge >= 0.3 is 0 Å². The van der Waals surface area contributed by atoms with Gasteiger partial charge in [0, 0.05) is 23.9 Å². The standard InChI is InChI=1S/C36H36F2N2O3/c1-26(22-27-12-15-31(16-13-27)43-25-36(37,38)23-28-8-4-2-5-9-28)39-21-20-30-14-18-33(35-32(30)17-19-34(41)40-35)42-24-29-10-6-3-7-11-29/h2-19,26,39H,20-25H2,1H3,(H,40,41)/t26-/m1/s1. The van der Waals surface area contributed by atoms with Crippen LogP contribution in [0, 0.1) is 0 Å². The van der Waals surface area contributed by atoms with E-state index in [1.165, 1.54) is 0 Å². The zero-order chi connectivity index (χ0) is 30.1. The van der Waals surface area contributed by atoms with Crippen molar-refractivity contribution >= 4 is 10.9 Å². The average Bonchev–Trinajstić information content (AvgIpc) is 3.01. The van der Waals surface area contributed by atoms with Crippen molar-refractivity contribution in [3.63, 3.8) is 0 Å². The minimum absolute atomic E-state index is 0.168. The highest BCUT2D eigenvalue weighted by molar-refractivity contribution is 5.87. The lowest BCUT2D eigenvalue weighted by Gasteiger charge is -2.18. The maximum absolute atomic E-state index is 14.4. The minimum Gasteiger partial charge on any atom is -0.487 e. The summed E-state index contributed by atoms with van der Waals surface area (Å²) in [7, 11) is 0. The molecule has 0 saturated heterocycles. The van der Waals surface area contributed by atoms with Crippen molar-refractivity contribution in [2.45, 2.75) is 44.8 Å². The maximum Gasteiger partial charge on any atom is 0.285 e. The van der Waals surface area contributed by atoms with Gasteiger partial charge in [-0.3, -0.25) is 4.79 Å². The van der Waals surface area contributed by atoms with Gasteiger partial charge in [-0.15, -0.1) is 0 Å². The number of H-pyrrole nitrogens is 1. The fraction of sp³-hybridized carbons (Fsp3) is 0.250. The molecular weight excluding hydrogens is 546 g/mol. The normalized spacial score (nSPS) is 12.3. The minimum atomic E-state index is -2.95. The number of hydrogen-bond acceptors (Lipinski definition) is 4. The summed E-state index contributed by atoms with van der Waals surface area (Å²) in [5.41, 5.74) is 4.38. The summed E-state index contributed by atoms with van der Waals surface area (Å²) in [6, 6.07) is 33.5. The van der Waals surface area contributed by atoms with Crippen LogP contribution < -0.4 is 20.3 Å². The first-order chi connectivity index (χ1) is 20.8. The van der Waals surface area contributed by atoms with Crippen LogP contribution in [0.1, 0.15) is 29.2 Å². The molecule has 2 N–H and O–H groups in total. The quantitative estimate of drug-likeness (QED) is 0.146. The Bertz CT molecular complexity index is 1660. The van der Waals surface area contributed by atoms with Crippen molar-refractivity contribution in [2.75, 3.05) is 13.2 Å². The van der Waals surface area contributed by atoms with Gasteiger partial charge in [0.25, 0.3) is 5.92 Å². The first kappa shape index (κ1) is 30.0. The van der Waals surface area contributed by atoms with E-state index >= 15 is 0 Å². The van der Waals surface area contributed by atoms with Crippen LogP contribution in [0.2, 0.25) is 0 Å². The third-order valence-corrected chi connectivity index (χ3v) is 7.29. The molecule has 1 heterocycles. The molecule has 0 aliphatic carbocycles. The fourth-order valence-corrected chi connectivity index (χ4v) is 5.09. The molecule has 4 aromatic carbocycles. The number of ether oxygens (including phenoxy) is 2. The van der Waals surface area contributed by atoms with Crippen LogP contribution in [0.3, 0.4) is 0 Å². The van der Waals surface area contributed by atoms with E-state index in [-0.39, 0.29) is 18.0 Å². The number of fused-ring (bicyclic) bond motifs is 1. The van der Waals surface area contributed by atoms with Crippen LogP contribution in [0.15, 0.2) is 114 Å².